The van der Waals surface area contributed by atoms with E-state index in [0.717, 1.165) is 0 Å². The van der Waals surface area contributed by atoms with Crippen LogP contribution in [0.2, 0.25) is 0 Å². The van der Waals surface area contributed by atoms with E-state index in [4.69, 9.17) is 21.4 Å². The van der Waals surface area contributed by atoms with Crippen LogP contribution in [0, 0.1) is 11.3 Å². The number of carbonyl (C=O) groups is 2. The smallest absolute Gasteiger partial charge is 0.309 e. The normalized spacial score (nSPS) is 12.9. The SMILES string of the molecule is CC(C)(NC(=N)N)C(CC(=O)O)C(=O)O. The lowest BCUT2D eigenvalue weighted by atomic mass is 9.85. The number of hydrogen-bond donors (Lipinski definition) is 5. The van der Waals surface area contributed by atoms with Gasteiger partial charge in [0.2, 0.25) is 0 Å². The predicted molar refractivity (Wildman–Crippen MR) is 52.5 cm³/mol. The van der Waals surface area contributed by atoms with E-state index < -0.39 is 35.8 Å². The third-order valence-electron chi connectivity index (χ3n) is 2.00. The molecule has 15 heavy (non-hydrogen) atoms. The Bertz CT molecular complexity index is 288. The molecule has 0 saturated heterocycles. The Morgan fingerprint density at radius 1 is 1.47 bits per heavy atom. The number of hydrogen-bond acceptors (Lipinski definition) is 3. The zero-order chi connectivity index (χ0) is 12.2. The van der Waals surface area contributed by atoms with Crippen molar-refractivity contribution in [2.24, 2.45) is 11.7 Å². The lowest BCUT2D eigenvalue weighted by Gasteiger charge is -2.31. The van der Waals surface area contributed by atoms with E-state index in [1.165, 1.54) is 13.8 Å². The fraction of sp³-hybridized carbons (Fsp3) is 0.625. The van der Waals surface area contributed by atoms with Crippen LogP contribution in [0.4, 0.5) is 0 Å². The summed E-state index contributed by atoms with van der Waals surface area (Å²) in [6.07, 6.45) is -0.525. The molecule has 0 aliphatic heterocycles. The van der Waals surface area contributed by atoms with Crippen LogP contribution in [0.1, 0.15) is 20.3 Å². The average molecular weight is 217 g/mol. The largest absolute Gasteiger partial charge is 0.481 e. The highest BCUT2D eigenvalue weighted by Gasteiger charge is 2.37. The Morgan fingerprint density at radius 2 is 1.93 bits per heavy atom. The van der Waals surface area contributed by atoms with Gasteiger partial charge in [-0.05, 0) is 13.8 Å². The van der Waals surface area contributed by atoms with Gasteiger partial charge >= 0.3 is 11.9 Å². The molecule has 1 atom stereocenters. The fourth-order valence-corrected chi connectivity index (χ4v) is 1.26. The van der Waals surface area contributed by atoms with E-state index in [0.29, 0.717) is 0 Å². The summed E-state index contributed by atoms with van der Waals surface area (Å²) in [7, 11) is 0. The quantitative estimate of drug-likeness (QED) is 0.309. The van der Waals surface area contributed by atoms with E-state index in [1.54, 1.807) is 0 Å². The second-order valence-corrected chi connectivity index (χ2v) is 3.75. The minimum absolute atomic E-state index is 0.392. The van der Waals surface area contributed by atoms with Crippen LogP contribution in [0.15, 0.2) is 0 Å². The molecule has 1 unspecified atom stereocenters. The molecule has 0 aliphatic carbocycles. The molecule has 0 aromatic heterocycles. The molecule has 7 heteroatoms. The highest BCUT2D eigenvalue weighted by Crippen LogP contribution is 2.20. The Labute approximate surface area is 86.8 Å². The molecule has 0 amide bonds. The monoisotopic (exact) mass is 217 g/mol. The lowest BCUT2D eigenvalue weighted by molar-refractivity contribution is -0.150. The number of aliphatic carboxylic acids is 2. The van der Waals surface area contributed by atoms with Gasteiger partial charge in [-0.1, -0.05) is 0 Å². The van der Waals surface area contributed by atoms with Crippen molar-refractivity contribution in [1.82, 2.24) is 5.32 Å². The fourth-order valence-electron chi connectivity index (χ4n) is 1.26. The molecule has 0 aromatic rings. The van der Waals surface area contributed by atoms with Crippen molar-refractivity contribution in [1.29, 1.82) is 5.41 Å². The molecule has 0 heterocycles. The summed E-state index contributed by atoms with van der Waals surface area (Å²) < 4.78 is 0. The number of rotatable bonds is 5. The molecule has 0 aliphatic rings. The van der Waals surface area contributed by atoms with Crippen molar-refractivity contribution in [3.63, 3.8) is 0 Å². The molecule has 6 N–H and O–H groups in total. The number of guanidine groups is 1. The molecule has 0 spiro atoms. The van der Waals surface area contributed by atoms with Crippen LogP contribution in [-0.4, -0.2) is 33.7 Å². The van der Waals surface area contributed by atoms with Gasteiger partial charge in [0, 0.05) is 5.54 Å². The predicted octanol–water partition coefficient (Wildman–Crippen LogP) is -0.576. The van der Waals surface area contributed by atoms with E-state index in [9.17, 15) is 9.59 Å². The minimum atomic E-state index is -1.24. The number of carboxylic acids is 2. The van der Waals surface area contributed by atoms with Crippen molar-refractivity contribution in [3.05, 3.63) is 0 Å². The van der Waals surface area contributed by atoms with Crippen molar-refractivity contribution in [3.8, 4) is 0 Å². The van der Waals surface area contributed by atoms with Gasteiger partial charge in [0.05, 0.1) is 12.3 Å². The van der Waals surface area contributed by atoms with E-state index >= 15 is 0 Å². The summed E-state index contributed by atoms with van der Waals surface area (Å²) in [6.45, 7) is 2.96. The maximum atomic E-state index is 10.8. The lowest BCUT2D eigenvalue weighted by Crippen LogP contribution is -2.54. The van der Waals surface area contributed by atoms with Gasteiger partial charge in [0.25, 0.3) is 0 Å². The van der Waals surface area contributed by atoms with Crippen LogP contribution < -0.4 is 11.1 Å². The maximum Gasteiger partial charge on any atom is 0.309 e. The average Bonchev–Trinajstić information content (AvgIpc) is 1.96. The topological polar surface area (TPSA) is 136 Å². The van der Waals surface area contributed by atoms with Crippen molar-refractivity contribution >= 4 is 17.9 Å². The Balaban J connectivity index is 4.80. The van der Waals surface area contributed by atoms with Crippen molar-refractivity contribution in [2.75, 3.05) is 0 Å². The van der Waals surface area contributed by atoms with Gasteiger partial charge in [-0.25, -0.2) is 0 Å². The van der Waals surface area contributed by atoms with Crippen LogP contribution in [-0.2, 0) is 9.59 Å². The van der Waals surface area contributed by atoms with Crippen molar-refractivity contribution < 1.29 is 19.8 Å². The molecule has 0 fully saturated rings. The molecule has 86 valence electrons. The highest BCUT2D eigenvalue weighted by molar-refractivity contribution is 5.81. The van der Waals surface area contributed by atoms with Gasteiger partial charge in [-0.15, -0.1) is 0 Å². The van der Waals surface area contributed by atoms with Crippen LogP contribution in [0.5, 0.6) is 0 Å². The maximum absolute atomic E-state index is 10.8. The molecular formula is C8H15N3O4. The second kappa shape index (κ2) is 4.63. The first-order valence-corrected chi connectivity index (χ1v) is 4.23. The van der Waals surface area contributed by atoms with Crippen molar-refractivity contribution in [2.45, 2.75) is 25.8 Å². The standard InChI is InChI=1S/C8H15N3O4/c1-8(2,11-7(9)10)4(6(14)15)3-5(12)13/h4H,3H2,1-2H3,(H,12,13)(H,14,15)(H4,9,10,11). The first-order valence-electron chi connectivity index (χ1n) is 4.23. The van der Waals surface area contributed by atoms with Gasteiger partial charge in [0.15, 0.2) is 5.96 Å². The second-order valence-electron chi connectivity index (χ2n) is 3.75. The molecule has 0 rings (SSSR count). The molecule has 0 aromatic carbocycles. The molecule has 7 nitrogen and oxygen atoms in total. The van der Waals surface area contributed by atoms with Crippen LogP contribution in [0.3, 0.4) is 0 Å². The third-order valence-corrected chi connectivity index (χ3v) is 2.00. The number of nitrogens with two attached hydrogens (primary N) is 1. The van der Waals surface area contributed by atoms with Gasteiger partial charge < -0.3 is 21.3 Å². The molecule has 0 radical (unpaired) electrons. The Kier molecular flexibility index (Phi) is 4.07. The zero-order valence-corrected chi connectivity index (χ0v) is 8.57. The Hall–Kier alpha value is -1.79. The summed E-state index contributed by atoms with van der Waals surface area (Å²) in [5.74, 6) is -3.99. The first-order chi connectivity index (χ1) is 6.66. The van der Waals surface area contributed by atoms with Crippen LogP contribution in [0.25, 0.3) is 0 Å². The molecule has 0 saturated carbocycles. The summed E-state index contributed by atoms with van der Waals surface area (Å²) in [4.78, 5) is 21.3. The van der Waals surface area contributed by atoms with E-state index in [-0.39, 0.29) is 0 Å². The van der Waals surface area contributed by atoms with E-state index in [1.807, 2.05) is 0 Å². The van der Waals surface area contributed by atoms with Gasteiger partial charge in [-0.3, -0.25) is 15.0 Å². The molecular weight excluding hydrogens is 202 g/mol. The summed E-state index contributed by atoms with van der Waals surface area (Å²) in [6, 6.07) is 0. The minimum Gasteiger partial charge on any atom is -0.481 e. The zero-order valence-electron chi connectivity index (χ0n) is 8.57. The van der Waals surface area contributed by atoms with Crippen LogP contribution >= 0.6 is 0 Å². The molecule has 0 bridgehead atoms. The van der Waals surface area contributed by atoms with Gasteiger partial charge in [0.1, 0.15) is 0 Å². The Morgan fingerprint density at radius 3 is 2.20 bits per heavy atom. The summed E-state index contributed by atoms with van der Waals surface area (Å²) in [5.41, 5.74) is 3.99. The summed E-state index contributed by atoms with van der Waals surface area (Å²) >= 11 is 0. The first kappa shape index (κ1) is 13.2. The van der Waals surface area contributed by atoms with E-state index in [2.05, 4.69) is 5.32 Å². The number of nitrogens with one attached hydrogen (secondary N) is 2. The van der Waals surface area contributed by atoms with Gasteiger partial charge in [-0.2, -0.15) is 0 Å². The highest BCUT2D eigenvalue weighted by atomic mass is 16.4. The summed E-state index contributed by atoms with van der Waals surface area (Å²) in [5, 5.41) is 26.8. The number of carboxylic acid groups (broad SMARTS) is 2. The third kappa shape index (κ3) is 4.30.